The van der Waals surface area contributed by atoms with Gasteiger partial charge in [-0.15, -0.1) is 0 Å². The van der Waals surface area contributed by atoms with Crippen molar-refractivity contribution in [2.24, 2.45) is 0 Å². The Hall–Kier alpha value is -3.86. The van der Waals surface area contributed by atoms with Gasteiger partial charge in [0.1, 0.15) is 18.3 Å². The number of carbonyl (C=O) groups excluding carboxylic acids is 2. The number of halogens is 2. The highest BCUT2D eigenvalue weighted by atomic mass is 79.9. The number of amides is 2. The maximum Gasteiger partial charge on any atom is 0.264 e. The summed E-state index contributed by atoms with van der Waals surface area (Å²) in [6.07, 6.45) is 0.233. The zero-order valence-corrected chi connectivity index (χ0v) is 27.5. The predicted octanol–water partition coefficient (Wildman–Crippen LogP) is 6.08. The number of nitrogens with zero attached hydrogens (tertiary/aromatic N) is 2. The molecule has 0 radical (unpaired) electrons. The first kappa shape index (κ1) is 33.0. The van der Waals surface area contributed by atoms with Crippen molar-refractivity contribution in [1.29, 1.82) is 0 Å². The molecule has 0 aliphatic heterocycles. The van der Waals surface area contributed by atoms with Gasteiger partial charge in [0.2, 0.25) is 11.8 Å². The molecular formula is C33H33BrClN3O5S. The van der Waals surface area contributed by atoms with Gasteiger partial charge in [-0.3, -0.25) is 13.9 Å². The van der Waals surface area contributed by atoms with Crippen LogP contribution in [0.15, 0.2) is 112 Å². The van der Waals surface area contributed by atoms with E-state index in [9.17, 15) is 18.0 Å². The second-order valence-corrected chi connectivity index (χ2v) is 13.1. The molecule has 230 valence electrons. The summed E-state index contributed by atoms with van der Waals surface area (Å²) in [5, 5.41) is 3.16. The number of ether oxygens (including phenoxy) is 1. The van der Waals surface area contributed by atoms with Gasteiger partial charge in [0.05, 0.1) is 17.7 Å². The van der Waals surface area contributed by atoms with Crippen LogP contribution in [0.2, 0.25) is 5.02 Å². The van der Waals surface area contributed by atoms with E-state index in [0.717, 1.165) is 19.9 Å². The van der Waals surface area contributed by atoms with Gasteiger partial charge in [-0.25, -0.2) is 8.42 Å². The molecule has 4 aromatic rings. The van der Waals surface area contributed by atoms with Gasteiger partial charge >= 0.3 is 0 Å². The Morgan fingerprint density at radius 1 is 0.909 bits per heavy atom. The molecule has 4 rings (SSSR count). The number of anilines is 1. The molecule has 4 aromatic carbocycles. The van der Waals surface area contributed by atoms with E-state index in [1.165, 1.54) is 42.3 Å². The van der Waals surface area contributed by atoms with E-state index in [2.05, 4.69) is 21.2 Å². The number of rotatable bonds is 13. The normalized spacial score (nSPS) is 11.8. The summed E-state index contributed by atoms with van der Waals surface area (Å²) >= 11 is 9.71. The van der Waals surface area contributed by atoms with E-state index in [-0.39, 0.29) is 29.5 Å². The summed E-state index contributed by atoms with van der Waals surface area (Å²) < 4.78 is 35.2. The monoisotopic (exact) mass is 697 g/mol. The molecule has 11 heteroatoms. The third-order valence-electron chi connectivity index (χ3n) is 6.91. The van der Waals surface area contributed by atoms with Gasteiger partial charge < -0.3 is 15.0 Å². The van der Waals surface area contributed by atoms with Crippen LogP contribution in [-0.2, 0) is 32.6 Å². The van der Waals surface area contributed by atoms with E-state index in [0.29, 0.717) is 17.3 Å². The van der Waals surface area contributed by atoms with Crippen LogP contribution < -0.4 is 14.4 Å². The van der Waals surface area contributed by atoms with Crippen molar-refractivity contribution in [3.63, 3.8) is 0 Å². The topological polar surface area (TPSA) is 96.0 Å². The molecule has 44 heavy (non-hydrogen) atoms. The first-order chi connectivity index (χ1) is 21.1. The Morgan fingerprint density at radius 2 is 1.59 bits per heavy atom. The average molecular weight is 699 g/mol. The van der Waals surface area contributed by atoms with Crippen LogP contribution in [0.5, 0.6) is 5.75 Å². The molecule has 1 atom stereocenters. The fourth-order valence-electron chi connectivity index (χ4n) is 4.67. The Morgan fingerprint density at radius 3 is 2.20 bits per heavy atom. The Labute approximate surface area is 271 Å². The Kier molecular flexibility index (Phi) is 11.4. The smallest absolute Gasteiger partial charge is 0.264 e. The van der Waals surface area contributed by atoms with E-state index in [1.54, 1.807) is 25.1 Å². The number of hydrogen-bond donors (Lipinski definition) is 1. The third kappa shape index (κ3) is 8.40. The lowest BCUT2D eigenvalue weighted by atomic mass is 10.0. The summed E-state index contributed by atoms with van der Waals surface area (Å²) in [6, 6.07) is 28.1. The summed E-state index contributed by atoms with van der Waals surface area (Å²) in [7, 11) is -2.77. The van der Waals surface area contributed by atoms with Crippen molar-refractivity contribution in [2.75, 3.05) is 24.5 Å². The average Bonchev–Trinajstić information content (AvgIpc) is 3.02. The number of sulfonamides is 1. The van der Waals surface area contributed by atoms with Crippen molar-refractivity contribution in [2.45, 2.75) is 30.8 Å². The molecular weight excluding hydrogens is 666 g/mol. The standard InChI is InChI=1S/C33H33BrClN3O5S/c1-3-36-33(40)31(20-24-8-5-4-6-9-24)37(22-25-12-14-26(34)15-13-25)32(39)23-38(28-11-7-10-27(35)21-28)44(41,42)30-18-16-29(43-2)17-19-30/h4-19,21,31H,3,20,22-23H2,1-2H3,(H,36,40)/t31-/m1/s1. The minimum Gasteiger partial charge on any atom is -0.497 e. The van der Waals surface area contributed by atoms with Crippen LogP contribution >= 0.6 is 27.5 Å². The van der Waals surface area contributed by atoms with Gasteiger partial charge in [0.15, 0.2) is 0 Å². The molecule has 0 aromatic heterocycles. The minimum atomic E-state index is -4.25. The van der Waals surface area contributed by atoms with Gasteiger partial charge in [-0.2, -0.15) is 0 Å². The lowest BCUT2D eigenvalue weighted by Crippen LogP contribution is -2.53. The second kappa shape index (κ2) is 15.2. The van der Waals surface area contributed by atoms with E-state index in [4.69, 9.17) is 16.3 Å². The van der Waals surface area contributed by atoms with E-state index < -0.39 is 28.5 Å². The second-order valence-electron chi connectivity index (χ2n) is 9.92. The number of carbonyl (C=O) groups is 2. The van der Waals surface area contributed by atoms with Crippen LogP contribution in [0.25, 0.3) is 0 Å². The van der Waals surface area contributed by atoms with E-state index in [1.807, 2.05) is 54.6 Å². The quantitative estimate of drug-likeness (QED) is 0.183. The Balaban J connectivity index is 1.79. The number of likely N-dealkylation sites (N-methyl/N-ethyl adjacent to an activating group) is 1. The highest BCUT2D eigenvalue weighted by Gasteiger charge is 2.34. The van der Waals surface area contributed by atoms with Crippen molar-refractivity contribution < 1.29 is 22.7 Å². The molecule has 0 bridgehead atoms. The SMILES string of the molecule is CCNC(=O)[C@@H](Cc1ccccc1)N(Cc1ccc(Br)cc1)C(=O)CN(c1cccc(Cl)c1)S(=O)(=O)c1ccc(OC)cc1. The maximum atomic E-state index is 14.4. The molecule has 8 nitrogen and oxygen atoms in total. The third-order valence-corrected chi connectivity index (χ3v) is 9.46. The summed E-state index contributed by atoms with van der Waals surface area (Å²) in [6.45, 7) is 1.67. The van der Waals surface area contributed by atoms with Gasteiger partial charge in [-0.05, 0) is 72.6 Å². The lowest BCUT2D eigenvalue weighted by Gasteiger charge is -2.34. The summed E-state index contributed by atoms with van der Waals surface area (Å²) in [5.41, 5.74) is 1.84. The van der Waals surface area contributed by atoms with Gasteiger partial charge in [0.25, 0.3) is 10.0 Å². The fraction of sp³-hybridized carbons (Fsp3) is 0.212. The molecule has 0 saturated carbocycles. The minimum absolute atomic E-state index is 0.0323. The number of hydrogen-bond acceptors (Lipinski definition) is 5. The zero-order chi connectivity index (χ0) is 31.7. The van der Waals surface area contributed by atoms with Crippen LogP contribution in [0.4, 0.5) is 5.69 Å². The first-order valence-corrected chi connectivity index (χ1v) is 16.5. The molecule has 2 amide bonds. The molecule has 0 spiro atoms. The molecule has 1 N–H and O–H groups in total. The molecule has 0 aliphatic rings. The van der Waals surface area contributed by atoms with Crippen LogP contribution in [0.3, 0.4) is 0 Å². The summed E-state index contributed by atoms with van der Waals surface area (Å²) in [4.78, 5) is 29.3. The molecule has 0 fully saturated rings. The molecule has 0 saturated heterocycles. The van der Waals surface area contributed by atoms with Crippen molar-refractivity contribution in [3.8, 4) is 5.75 Å². The van der Waals surface area contributed by atoms with Crippen molar-refractivity contribution in [3.05, 3.63) is 124 Å². The number of nitrogens with one attached hydrogen (secondary N) is 1. The highest BCUT2D eigenvalue weighted by molar-refractivity contribution is 9.10. The number of benzene rings is 4. The van der Waals surface area contributed by atoms with Gasteiger partial charge in [0, 0.05) is 29.0 Å². The van der Waals surface area contributed by atoms with E-state index >= 15 is 0 Å². The Bertz CT molecular complexity index is 1670. The van der Waals surface area contributed by atoms with Crippen molar-refractivity contribution in [1.82, 2.24) is 10.2 Å². The largest absolute Gasteiger partial charge is 0.497 e. The van der Waals surface area contributed by atoms with Gasteiger partial charge in [-0.1, -0.05) is 76.1 Å². The molecule has 0 heterocycles. The fourth-order valence-corrected chi connectivity index (χ4v) is 6.52. The number of methoxy groups -OCH3 is 1. The highest BCUT2D eigenvalue weighted by Crippen LogP contribution is 2.28. The van der Waals surface area contributed by atoms with Crippen LogP contribution in [0.1, 0.15) is 18.1 Å². The summed E-state index contributed by atoms with van der Waals surface area (Å²) in [5.74, 6) is -0.410. The predicted molar refractivity (Wildman–Crippen MR) is 176 cm³/mol. The first-order valence-electron chi connectivity index (χ1n) is 13.9. The zero-order valence-electron chi connectivity index (χ0n) is 24.3. The molecule has 0 unspecified atom stereocenters. The van der Waals surface area contributed by atoms with Crippen molar-refractivity contribution >= 4 is 55.1 Å². The van der Waals surface area contributed by atoms with Crippen LogP contribution in [-0.4, -0.2) is 51.4 Å². The molecule has 0 aliphatic carbocycles. The lowest BCUT2D eigenvalue weighted by molar-refractivity contribution is -0.140. The maximum absolute atomic E-state index is 14.4. The van der Waals surface area contributed by atoms with Crippen LogP contribution in [0, 0.1) is 0 Å².